The molecule has 1 saturated heterocycles. The van der Waals surface area contributed by atoms with Gasteiger partial charge in [-0.1, -0.05) is 60.7 Å². The Hall–Kier alpha value is -3.55. The highest BCUT2D eigenvalue weighted by atomic mass is 16.5. The van der Waals surface area contributed by atoms with Gasteiger partial charge in [-0.25, -0.2) is 0 Å². The first-order valence-corrected chi connectivity index (χ1v) is 11.8. The molecule has 1 aromatic heterocycles. The van der Waals surface area contributed by atoms with Crippen LogP contribution in [0.5, 0.6) is 5.75 Å². The van der Waals surface area contributed by atoms with Crippen molar-refractivity contribution in [3.05, 3.63) is 101 Å². The largest absolute Gasteiger partial charge is 0.489 e. The molecule has 3 aromatic carbocycles. The Labute approximate surface area is 194 Å². The standard InChI is InChI=1S/C29H27N3O/c30-17-23-15-28-29-25(13-14-31(28)18-23)26-16-24(33-20-22-9-5-2-6-10-22)11-12-27(26)32(29)19-21-7-3-1-4-8-21/h1-12,16,23,28H,13-15,18-20H2/t23-,28-/m1/s1. The van der Waals surface area contributed by atoms with Gasteiger partial charge in [0.2, 0.25) is 0 Å². The molecule has 4 nitrogen and oxygen atoms in total. The van der Waals surface area contributed by atoms with Gasteiger partial charge in [-0.2, -0.15) is 5.26 Å². The minimum atomic E-state index is 0.119. The second-order valence-electron chi connectivity index (χ2n) is 9.21. The van der Waals surface area contributed by atoms with Crippen LogP contribution in [0.2, 0.25) is 0 Å². The normalized spacial score (nSPS) is 19.7. The van der Waals surface area contributed by atoms with Crippen molar-refractivity contribution in [3.63, 3.8) is 0 Å². The quantitative estimate of drug-likeness (QED) is 0.405. The van der Waals surface area contributed by atoms with Gasteiger partial charge in [0.05, 0.1) is 18.0 Å². The zero-order valence-corrected chi connectivity index (χ0v) is 18.7. The molecule has 2 aliphatic rings. The van der Waals surface area contributed by atoms with Crippen molar-refractivity contribution in [1.29, 1.82) is 5.26 Å². The fourth-order valence-corrected chi connectivity index (χ4v) is 5.62. The molecule has 0 saturated carbocycles. The monoisotopic (exact) mass is 433 g/mol. The third-order valence-corrected chi connectivity index (χ3v) is 7.17. The Bertz CT molecular complexity index is 1320. The molecular weight excluding hydrogens is 406 g/mol. The lowest BCUT2D eigenvalue weighted by Gasteiger charge is -2.31. The Morgan fingerprint density at radius 2 is 1.70 bits per heavy atom. The van der Waals surface area contributed by atoms with E-state index in [1.54, 1.807) is 0 Å². The molecule has 164 valence electrons. The molecule has 6 rings (SSSR count). The lowest BCUT2D eigenvalue weighted by atomic mass is 9.96. The summed E-state index contributed by atoms with van der Waals surface area (Å²) < 4.78 is 8.67. The summed E-state index contributed by atoms with van der Waals surface area (Å²) in [7, 11) is 0. The van der Waals surface area contributed by atoms with Crippen LogP contribution in [-0.4, -0.2) is 22.6 Å². The highest BCUT2D eigenvalue weighted by molar-refractivity contribution is 5.87. The van der Waals surface area contributed by atoms with E-state index in [-0.39, 0.29) is 5.92 Å². The Balaban J connectivity index is 1.42. The van der Waals surface area contributed by atoms with E-state index < -0.39 is 0 Å². The van der Waals surface area contributed by atoms with Crippen LogP contribution in [0.15, 0.2) is 78.9 Å². The van der Waals surface area contributed by atoms with Crippen LogP contribution in [0.25, 0.3) is 10.9 Å². The molecule has 3 heterocycles. The van der Waals surface area contributed by atoms with Crippen LogP contribution in [-0.2, 0) is 19.6 Å². The summed E-state index contributed by atoms with van der Waals surface area (Å²) in [6.45, 7) is 3.33. The summed E-state index contributed by atoms with van der Waals surface area (Å²) in [5.74, 6) is 1.03. The maximum atomic E-state index is 9.59. The molecule has 2 atom stereocenters. The number of nitrogens with zero attached hydrogens (tertiary/aromatic N) is 3. The maximum Gasteiger partial charge on any atom is 0.120 e. The number of aromatic nitrogens is 1. The molecule has 0 N–H and O–H groups in total. The van der Waals surface area contributed by atoms with Crippen molar-refractivity contribution in [2.24, 2.45) is 5.92 Å². The van der Waals surface area contributed by atoms with E-state index >= 15 is 0 Å². The molecule has 0 bridgehead atoms. The second kappa shape index (κ2) is 8.42. The summed E-state index contributed by atoms with van der Waals surface area (Å²) >= 11 is 0. The lowest BCUT2D eigenvalue weighted by molar-refractivity contribution is 0.234. The van der Waals surface area contributed by atoms with Crippen LogP contribution in [0.1, 0.15) is 34.8 Å². The van der Waals surface area contributed by atoms with Crippen molar-refractivity contribution in [2.75, 3.05) is 13.1 Å². The number of nitriles is 1. The molecule has 33 heavy (non-hydrogen) atoms. The summed E-state index contributed by atoms with van der Waals surface area (Å²) in [4.78, 5) is 2.52. The van der Waals surface area contributed by atoms with E-state index in [1.807, 2.05) is 18.2 Å². The third-order valence-electron chi connectivity index (χ3n) is 7.17. The number of ether oxygens (including phenoxy) is 1. The van der Waals surface area contributed by atoms with Gasteiger partial charge in [-0.15, -0.1) is 0 Å². The van der Waals surface area contributed by atoms with E-state index in [2.05, 4.69) is 76.2 Å². The second-order valence-corrected chi connectivity index (χ2v) is 9.21. The van der Waals surface area contributed by atoms with E-state index in [1.165, 1.54) is 33.3 Å². The van der Waals surface area contributed by atoms with Crippen LogP contribution in [0.3, 0.4) is 0 Å². The highest BCUT2D eigenvalue weighted by Crippen LogP contribution is 2.44. The smallest absolute Gasteiger partial charge is 0.120 e. The molecule has 2 aliphatic heterocycles. The molecule has 1 fully saturated rings. The van der Waals surface area contributed by atoms with E-state index in [0.717, 1.165) is 38.2 Å². The van der Waals surface area contributed by atoms with Gasteiger partial charge in [-0.05, 0) is 47.7 Å². The average molecular weight is 434 g/mol. The summed E-state index contributed by atoms with van der Waals surface area (Å²) in [5, 5.41) is 10.9. The first-order chi connectivity index (χ1) is 16.3. The Kier molecular flexibility index (Phi) is 5.13. The zero-order chi connectivity index (χ0) is 22.2. The summed E-state index contributed by atoms with van der Waals surface area (Å²) in [5.41, 5.74) is 6.57. The van der Waals surface area contributed by atoms with Crippen molar-refractivity contribution in [3.8, 4) is 11.8 Å². The van der Waals surface area contributed by atoms with Gasteiger partial charge < -0.3 is 9.30 Å². The first kappa shape index (κ1) is 20.1. The van der Waals surface area contributed by atoms with Crippen molar-refractivity contribution in [2.45, 2.75) is 32.0 Å². The fourth-order valence-electron chi connectivity index (χ4n) is 5.62. The van der Waals surface area contributed by atoms with Gasteiger partial charge in [0, 0.05) is 36.2 Å². The number of hydrogen-bond acceptors (Lipinski definition) is 3. The predicted molar refractivity (Wildman–Crippen MR) is 130 cm³/mol. The molecular formula is C29H27N3O. The molecule has 0 amide bonds. The summed E-state index contributed by atoms with van der Waals surface area (Å²) in [6.07, 6.45) is 1.94. The Morgan fingerprint density at radius 1 is 0.939 bits per heavy atom. The molecule has 0 aliphatic carbocycles. The third kappa shape index (κ3) is 3.69. The van der Waals surface area contributed by atoms with Gasteiger partial charge in [0.25, 0.3) is 0 Å². The van der Waals surface area contributed by atoms with Crippen LogP contribution in [0, 0.1) is 17.2 Å². The van der Waals surface area contributed by atoms with Crippen molar-refractivity contribution < 1.29 is 4.74 Å². The van der Waals surface area contributed by atoms with E-state index in [0.29, 0.717) is 12.6 Å². The van der Waals surface area contributed by atoms with Gasteiger partial charge in [-0.3, -0.25) is 4.90 Å². The molecule has 0 unspecified atom stereocenters. The van der Waals surface area contributed by atoms with Crippen molar-refractivity contribution >= 4 is 10.9 Å². The minimum Gasteiger partial charge on any atom is -0.489 e. The van der Waals surface area contributed by atoms with Gasteiger partial charge in [0.1, 0.15) is 12.4 Å². The number of fused-ring (bicyclic) bond motifs is 5. The SMILES string of the molecule is N#C[C@H]1C[C@@H]2c3c(c4cc(OCc5ccccc5)ccc4n3Cc3ccccc3)CCN2C1. The highest BCUT2D eigenvalue weighted by Gasteiger charge is 2.39. The van der Waals surface area contributed by atoms with Crippen LogP contribution in [0.4, 0.5) is 0 Å². The zero-order valence-electron chi connectivity index (χ0n) is 18.7. The number of rotatable bonds is 5. The van der Waals surface area contributed by atoms with E-state index in [4.69, 9.17) is 4.74 Å². The van der Waals surface area contributed by atoms with Gasteiger partial charge >= 0.3 is 0 Å². The predicted octanol–water partition coefficient (Wildman–Crippen LogP) is 5.71. The fraction of sp³-hybridized carbons (Fsp3) is 0.276. The average Bonchev–Trinajstić information content (AvgIpc) is 3.43. The van der Waals surface area contributed by atoms with Crippen LogP contribution < -0.4 is 4.74 Å². The number of benzene rings is 3. The number of hydrogen-bond donors (Lipinski definition) is 0. The van der Waals surface area contributed by atoms with Crippen molar-refractivity contribution in [1.82, 2.24) is 9.47 Å². The van der Waals surface area contributed by atoms with E-state index in [9.17, 15) is 5.26 Å². The maximum absolute atomic E-state index is 9.59. The van der Waals surface area contributed by atoms with Gasteiger partial charge in [0.15, 0.2) is 0 Å². The first-order valence-electron chi connectivity index (χ1n) is 11.8. The topological polar surface area (TPSA) is 41.2 Å². The molecule has 4 aromatic rings. The molecule has 4 heteroatoms. The Morgan fingerprint density at radius 3 is 2.45 bits per heavy atom. The molecule has 0 spiro atoms. The molecule has 0 radical (unpaired) electrons. The summed E-state index contributed by atoms with van der Waals surface area (Å²) in [6, 6.07) is 30.4. The lowest BCUT2D eigenvalue weighted by Crippen LogP contribution is -2.32. The minimum absolute atomic E-state index is 0.119. The van der Waals surface area contributed by atoms with Crippen LogP contribution >= 0.6 is 0 Å².